The van der Waals surface area contributed by atoms with E-state index in [1.165, 1.54) is 17.0 Å². The first-order chi connectivity index (χ1) is 18.9. The van der Waals surface area contributed by atoms with Gasteiger partial charge in [0.15, 0.2) is 0 Å². The summed E-state index contributed by atoms with van der Waals surface area (Å²) < 4.78 is 26.7. The number of rotatable bonds is 12. The van der Waals surface area contributed by atoms with Crippen LogP contribution in [0, 0.1) is 0 Å². The largest absolute Gasteiger partial charge is 0.352 e. The molecule has 1 N–H and O–H groups in total. The summed E-state index contributed by atoms with van der Waals surface area (Å²) in [7, 11) is -3.97. The van der Waals surface area contributed by atoms with Gasteiger partial charge in [0.25, 0.3) is 0 Å². The average Bonchev–Trinajstić information content (AvgIpc) is 2.91. The maximum atomic E-state index is 14.1. The molecule has 0 aromatic heterocycles. The van der Waals surface area contributed by atoms with Crippen LogP contribution < -0.4 is 9.62 Å². The zero-order valence-corrected chi connectivity index (χ0v) is 25.6. The minimum absolute atomic E-state index is 0.00184. The van der Waals surface area contributed by atoms with Crippen molar-refractivity contribution in [3.63, 3.8) is 0 Å². The van der Waals surface area contributed by atoms with Crippen molar-refractivity contribution in [2.75, 3.05) is 17.1 Å². The summed E-state index contributed by atoms with van der Waals surface area (Å²) in [6.45, 7) is 3.29. The average molecular weight is 625 g/mol. The van der Waals surface area contributed by atoms with Crippen LogP contribution in [0.4, 0.5) is 5.69 Å². The molecule has 3 rings (SSSR count). The van der Waals surface area contributed by atoms with Crippen molar-refractivity contribution in [2.45, 2.75) is 45.3 Å². The van der Waals surface area contributed by atoms with Crippen molar-refractivity contribution in [1.82, 2.24) is 10.2 Å². The van der Waals surface area contributed by atoms with E-state index in [1.54, 1.807) is 30.3 Å². The van der Waals surface area contributed by atoms with Gasteiger partial charge in [-0.25, -0.2) is 8.42 Å². The summed E-state index contributed by atoms with van der Waals surface area (Å²) in [4.78, 5) is 29.1. The molecule has 0 aliphatic heterocycles. The van der Waals surface area contributed by atoms with Crippen molar-refractivity contribution in [3.8, 4) is 0 Å². The summed E-state index contributed by atoms with van der Waals surface area (Å²) >= 11 is 18.6. The summed E-state index contributed by atoms with van der Waals surface area (Å²) in [6, 6.07) is 19.7. The van der Waals surface area contributed by atoms with Crippen LogP contribution in [0.3, 0.4) is 0 Å². The highest BCUT2D eigenvalue weighted by molar-refractivity contribution is 7.92. The molecule has 0 aliphatic carbocycles. The molecule has 0 fully saturated rings. The molecule has 11 heteroatoms. The number of carbonyl (C=O) groups is 2. The monoisotopic (exact) mass is 623 g/mol. The number of benzene rings is 3. The maximum Gasteiger partial charge on any atom is 0.244 e. The smallest absolute Gasteiger partial charge is 0.244 e. The van der Waals surface area contributed by atoms with Crippen molar-refractivity contribution < 1.29 is 18.0 Å². The van der Waals surface area contributed by atoms with E-state index in [0.717, 1.165) is 21.7 Å². The molecule has 0 saturated heterocycles. The molecule has 0 unspecified atom stereocenters. The number of hydrogen-bond acceptors (Lipinski definition) is 4. The van der Waals surface area contributed by atoms with Gasteiger partial charge in [0.1, 0.15) is 12.6 Å². The number of anilines is 1. The molecule has 0 heterocycles. The van der Waals surface area contributed by atoms with E-state index in [4.69, 9.17) is 34.8 Å². The quantitative estimate of drug-likeness (QED) is 0.269. The van der Waals surface area contributed by atoms with Crippen molar-refractivity contribution in [2.24, 2.45) is 0 Å². The molecular formula is C29H32Cl3N3O4S. The number of hydrogen-bond donors (Lipinski definition) is 1. The lowest BCUT2D eigenvalue weighted by molar-refractivity contribution is -0.140. The third-order valence-electron chi connectivity index (χ3n) is 6.42. The Balaban J connectivity index is 2.08. The molecule has 2 amide bonds. The van der Waals surface area contributed by atoms with Gasteiger partial charge in [-0.2, -0.15) is 0 Å². The van der Waals surface area contributed by atoms with Gasteiger partial charge in [-0.15, -0.1) is 0 Å². The third kappa shape index (κ3) is 8.61. The fraction of sp³-hybridized carbons (Fsp3) is 0.310. The van der Waals surface area contributed by atoms with Crippen LogP contribution in [0.5, 0.6) is 0 Å². The lowest BCUT2D eigenvalue weighted by atomic mass is 10.0. The predicted molar refractivity (Wildman–Crippen MR) is 162 cm³/mol. The Kier molecular flexibility index (Phi) is 11.3. The first kappa shape index (κ1) is 31.7. The van der Waals surface area contributed by atoms with Gasteiger partial charge in [0, 0.05) is 24.0 Å². The molecular weight excluding hydrogens is 593 g/mol. The van der Waals surface area contributed by atoms with Crippen LogP contribution in [0.15, 0.2) is 72.8 Å². The Bertz CT molecular complexity index is 1420. The minimum Gasteiger partial charge on any atom is -0.352 e. The summed E-state index contributed by atoms with van der Waals surface area (Å²) in [5, 5.41) is 3.66. The van der Waals surface area contributed by atoms with Crippen LogP contribution >= 0.6 is 34.8 Å². The van der Waals surface area contributed by atoms with Crippen LogP contribution in [0.1, 0.15) is 31.4 Å². The standard InChI is InChI=1S/C29H32Cl3N3O4S/c1-4-20(2)33-29(37)26(17-21-9-6-5-7-10-21)34(18-22-13-15-23(30)16-14-22)27(36)19-35(40(3,38)39)25-12-8-11-24(31)28(25)32/h5-16,20,26H,4,17-19H2,1-3H3,(H,33,37)/t20-,26-/m0/s1. The van der Waals surface area contributed by atoms with Gasteiger partial charge in [-0.3, -0.25) is 13.9 Å². The predicted octanol–water partition coefficient (Wildman–Crippen LogP) is 5.97. The Labute approximate surface area is 251 Å². The summed E-state index contributed by atoms with van der Waals surface area (Å²) in [5.74, 6) is -0.927. The highest BCUT2D eigenvalue weighted by Gasteiger charge is 2.34. The van der Waals surface area contributed by atoms with E-state index >= 15 is 0 Å². The van der Waals surface area contributed by atoms with Crippen molar-refractivity contribution in [1.29, 1.82) is 0 Å². The van der Waals surface area contributed by atoms with Crippen molar-refractivity contribution in [3.05, 3.63) is 99.0 Å². The second-order valence-electron chi connectivity index (χ2n) is 9.51. The Morgan fingerprint density at radius 1 is 0.900 bits per heavy atom. The maximum absolute atomic E-state index is 14.1. The van der Waals surface area contributed by atoms with E-state index in [-0.39, 0.29) is 40.6 Å². The van der Waals surface area contributed by atoms with Gasteiger partial charge in [-0.05, 0) is 48.7 Å². The van der Waals surface area contributed by atoms with Gasteiger partial charge in [-0.1, -0.05) is 90.3 Å². The van der Waals surface area contributed by atoms with Gasteiger partial charge < -0.3 is 10.2 Å². The molecule has 214 valence electrons. The molecule has 0 bridgehead atoms. The zero-order valence-electron chi connectivity index (χ0n) is 22.5. The molecule has 0 saturated carbocycles. The van der Waals surface area contributed by atoms with E-state index in [2.05, 4.69) is 5.32 Å². The van der Waals surface area contributed by atoms with Crippen LogP contribution in [-0.4, -0.2) is 50.0 Å². The summed E-state index contributed by atoms with van der Waals surface area (Å²) in [6.07, 6.45) is 1.90. The highest BCUT2D eigenvalue weighted by Crippen LogP contribution is 2.34. The van der Waals surface area contributed by atoms with Crippen LogP contribution in [0.2, 0.25) is 15.1 Å². The molecule has 2 atom stereocenters. The topological polar surface area (TPSA) is 86.8 Å². The van der Waals surface area contributed by atoms with E-state index in [9.17, 15) is 18.0 Å². The van der Waals surface area contributed by atoms with Gasteiger partial charge >= 0.3 is 0 Å². The third-order valence-corrected chi connectivity index (χ3v) is 8.60. The number of nitrogens with one attached hydrogen (secondary N) is 1. The summed E-state index contributed by atoms with van der Waals surface area (Å²) in [5.41, 5.74) is 1.64. The van der Waals surface area contributed by atoms with Crippen LogP contribution in [-0.2, 0) is 32.6 Å². The van der Waals surface area contributed by atoms with E-state index < -0.39 is 28.5 Å². The van der Waals surface area contributed by atoms with Gasteiger partial charge in [0.05, 0.1) is 22.0 Å². The fourth-order valence-electron chi connectivity index (χ4n) is 4.06. The lowest BCUT2D eigenvalue weighted by Gasteiger charge is -2.34. The van der Waals surface area contributed by atoms with E-state index in [0.29, 0.717) is 11.4 Å². The molecule has 3 aromatic rings. The second-order valence-corrected chi connectivity index (χ2v) is 12.6. The molecule has 40 heavy (non-hydrogen) atoms. The number of sulfonamides is 1. The fourth-order valence-corrected chi connectivity index (χ4v) is 5.49. The second kappa shape index (κ2) is 14.2. The first-order valence-electron chi connectivity index (χ1n) is 12.7. The van der Waals surface area contributed by atoms with Crippen LogP contribution in [0.25, 0.3) is 0 Å². The first-order valence-corrected chi connectivity index (χ1v) is 15.7. The highest BCUT2D eigenvalue weighted by atomic mass is 35.5. The molecule has 7 nitrogen and oxygen atoms in total. The number of carbonyl (C=O) groups excluding carboxylic acids is 2. The van der Waals surface area contributed by atoms with E-state index in [1.807, 2.05) is 44.2 Å². The number of nitrogens with zero attached hydrogens (tertiary/aromatic N) is 2. The zero-order chi connectivity index (χ0) is 29.4. The molecule has 3 aromatic carbocycles. The normalized spacial score (nSPS) is 12.8. The molecule has 0 radical (unpaired) electrons. The Morgan fingerprint density at radius 3 is 2.15 bits per heavy atom. The SMILES string of the molecule is CC[C@H](C)NC(=O)[C@H](Cc1ccccc1)N(Cc1ccc(Cl)cc1)C(=O)CN(c1cccc(Cl)c1Cl)S(C)(=O)=O. The number of halogens is 3. The van der Waals surface area contributed by atoms with Gasteiger partial charge in [0.2, 0.25) is 21.8 Å². The Morgan fingerprint density at radius 2 is 1.55 bits per heavy atom. The molecule has 0 spiro atoms. The lowest BCUT2D eigenvalue weighted by Crippen LogP contribution is -2.54. The number of amides is 2. The minimum atomic E-state index is -3.97. The molecule has 0 aliphatic rings. The Hall–Kier alpha value is -2.78. The van der Waals surface area contributed by atoms with Crippen molar-refractivity contribution >= 4 is 62.3 Å².